The summed E-state index contributed by atoms with van der Waals surface area (Å²) in [4.78, 5) is 7.70. The molecular weight excluding hydrogens is 222 g/mol. The van der Waals surface area contributed by atoms with Crippen molar-refractivity contribution in [1.82, 2.24) is 4.98 Å². The molecule has 0 unspecified atom stereocenters. The van der Waals surface area contributed by atoms with Crippen molar-refractivity contribution in [1.29, 1.82) is 5.26 Å². The average molecular weight is 235 g/mol. The second-order valence-corrected chi connectivity index (χ2v) is 4.44. The lowest BCUT2D eigenvalue weighted by Crippen LogP contribution is -1.81. The summed E-state index contributed by atoms with van der Waals surface area (Å²) in [7, 11) is 0. The first-order chi connectivity index (χ1) is 8.88. The van der Waals surface area contributed by atoms with E-state index < -0.39 is 0 Å². The molecule has 0 atom stereocenters. The van der Waals surface area contributed by atoms with Gasteiger partial charge in [-0.1, -0.05) is 18.2 Å². The summed E-state index contributed by atoms with van der Waals surface area (Å²) in [5.41, 5.74) is 3.97. The Labute approximate surface area is 105 Å². The molecule has 2 aromatic rings. The monoisotopic (exact) mass is 235 g/mol. The number of aromatic nitrogens is 1. The number of hydrogen-bond acceptors (Lipinski definition) is 2. The molecular formula is C15H13N3. The van der Waals surface area contributed by atoms with Crippen LogP contribution in [0.5, 0.6) is 0 Å². The zero-order valence-corrected chi connectivity index (χ0v) is 9.98. The van der Waals surface area contributed by atoms with Crippen LogP contribution in [0.15, 0.2) is 46.7 Å². The highest BCUT2D eigenvalue weighted by molar-refractivity contribution is 5.99. The molecule has 0 aliphatic heterocycles. The zero-order chi connectivity index (χ0) is 12.4. The minimum absolute atomic E-state index is 0.839. The number of hydrogen-bond donors (Lipinski definition) is 1. The number of allylic oxidation sites excluding steroid dienone is 2. The molecule has 88 valence electrons. The Kier molecular flexibility index (Phi) is 2.70. The van der Waals surface area contributed by atoms with Crippen molar-refractivity contribution in [3.05, 3.63) is 47.3 Å². The van der Waals surface area contributed by atoms with Gasteiger partial charge in [-0.3, -0.25) is 4.99 Å². The van der Waals surface area contributed by atoms with Crippen molar-refractivity contribution in [3.63, 3.8) is 0 Å². The largest absolute Gasteiger partial charge is 0.361 e. The van der Waals surface area contributed by atoms with Gasteiger partial charge in [-0.05, 0) is 25.3 Å². The van der Waals surface area contributed by atoms with Gasteiger partial charge in [0.2, 0.25) is 0 Å². The van der Waals surface area contributed by atoms with Gasteiger partial charge in [0.1, 0.15) is 0 Å². The standard InChI is InChI=1S/C15H13N3/c16-8-11-4-3-7-14(11)17-9-12-10-18-15-6-2-1-5-13(12)15/h1-2,5-6,9-10,18H,3-4,7H2. The van der Waals surface area contributed by atoms with Crippen LogP contribution >= 0.6 is 0 Å². The predicted octanol–water partition coefficient (Wildman–Crippen LogP) is 3.55. The second-order valence-electron chi connectivity index (χ2n) is 4.44. The van der Waals surface area contributed by atoms with E-state index in [0.29, 0.717) is 0 Å². The summed E-state index contributed by atoms with van der Waals surface area (Å²) in [6, 6.07) is 10.4. The molecule has 3 rings (SSSR count). The normalized spacial score (nSPS) is 15.7. The Bertz CT molecular complexity index is 683. The predicted molar refractivity (Wildman–Crippen MR) is 72.4 cm³/mol. The van der Waals surface area contributed by atoms with Crippen LogP contribution in [0.1, 0.15) is 24.8 Å². The van der Waals surface area contributed by atoms with Crippen LogP contribution in [-0.2, 0) is 0 Å². The number of rotatable bonds is 2. The molecule has 1 N–H and O–H groups in total. The number of aromatic amines is 1. The molecule has 0 radical (unpaired) electrons. The van der Waals surface area contributed by atoms with Gasteiger partial charge in [0.25, 0.3) is 0 Å². The van der Waals surface area contributed by atoms with Gasteiger partial charge in [-0.15, -0.1) is 0 Å². The third-order valence-electron chi connectivity index (χ3n) is 3.30. The van der Waals surface area contributed by atoms with Gasteiger partial charge in [0.05, 0.1) is 17.3 Å². The SMILES string of the molecule is N#CC1=C(N=Cc2c[nH]c3ccccc23)CCC1. The van der Waals surface area contributed by atoms with Gasteiger partial charge < -0.3 is 4.98 Å². The molecule has 18 heavy (non-hydrogen) atoms. The minimum Gasteiger partial charge on any atom is -0.361 e. The smallest absolute Gasteiger partial charge is 0.0966 e. The molecule has 1 aliphatic rings. The highest BCUT2D eigenvalue weighted by Crippen LogP contribution is 2.26. The van der Waals surface area contributed by atoms with E-state index in [0.717, 1.165) is 41.6 Å². The van der Waals surface area contributed by atoms with Crippen molar-refractivity contribution >= 4 is 17.1 Å². The highest BCUT2D eigenvalue weighted by atomic mass is 14.8. The first-order valence-corrected chi connectivity index (χ1v) is 6.11. The fourth-order valence-electron chi connectivity index (χ4n) is 2.34. The summed E-state index contributed by atoms with van der Waals surface area (Å²) in [6.07, 6.45) is 6.65. The molecule has 1 heterocycles. The van der Waals surface area contributed by atoms with Crippen LogP contribution in [0.25, 0.3) is 10.9 Å². The maximum absolute atomic E-state index is 8.98. The molecule has 3 heteroatoms. The quantitative estimate of drug-likeness (QED) is 0.795. The topological polar surface area (TPSA) is 51.9 Å². The summed E-state index contributed by atoms with van der Waals surface area (Å²) >= 11 is 0. The molecule has 0 saturated carbocycles. The average Bonchev–Trinajstić information content (AvgIpc) is 3.02. The van der Waals surface area contributed by atoms with Crippen molar-refractivity contribution < 1.29 is 0 Å². The number of fused-ring (bicyclic) bond motifs is 1. The van der Waals surface area contributed by atoms with Crippen LogP contribution in [0.3, 0.4) is 0 Å². The maximum Gasteiger partial charge on any atom is 0.0966 e. The van der Waals surface area contributed by atoms with Crippen LogP contribution in [0.2, 0.25) is 0 Å². The van der Waals surface area contributed by atoms with E-state index >= 15 is 0 Å². The fraction of sp³-hybridized carbons (Fsp3) is 0.200. The van der Waals surface area contributed by atoms with Gasteiger partial charge in [-0.25, -0.2) is 0 Å². The van der Waals surface area contributed by atoms with E-state index in [1.54, 1.807) is 0 Å². The van der Waals surface area contributed by atoms with Crippen molar-refractivity contribution in [2.45, 2.75) is 19.3 Å². The summed E-state index contributed by atoms with van der Waals surface area (Å²) in [5, 5.41) is 10.1. The number of H-pyrrole nitrogens is 1. The number of nitrogens with zero attached hydrogens (tertiary/aromatic N) is 2. The molecule has 3 nitrogen and oxygen atoms in total. The Morgan fingerprint density at radius 1 is 1.28 bits per heavy atom. The Hall–Kier alpha value is -2.34. The van der Waals surface area contributed by atoms with Crippen molar-refractivity contribution in [3.8, 4) is 6.07 Å². The number of para-hydroxylation sites is 1. The first-order valence-electron chi connectivity index (χ1n) is 6.11. The number of nitriles is 1. The lowest BCUT2D eigenvalue weighted by molar-refractivity contribution is 0.895. The van der Waals surface area contributed by atoms with Gasteiger partial charge in [-0.2, -0.15) is 5.26 Å². The molecule has 0 bridgehead atoms. The van der Waals surface area contributed by atoms with E-state index in [1.807, 2.05) is 30.6 Å². The Balaban J connectivity index is 1.96. The maximum atomic E-state index is 8.98. The Morgan fingerprint density at radius 2 is 2.17 bits per heavy atom. The van der Waals surface area contributed by atoms with Crippen LogP contribution in [0, 0.1) is 11.3 Å². The first kappa shape index (κ1) is 10.8. The summed E-state index contributed by atoms with van der Waals surface area (Å²) in [6.45, 7) is 0. The van der Waals surface area contributed by atoms with Crippen LogP contribution < -0.4 is 0 Å². The molecule has 1 aliphatic carbocycles. The van der Waals surface area contributed by atoms with Crippen molar-refractivity contribution in [2.75, 3.05) is 0 Å². The lowest BCUT2D eigenvalue weighted by Gasteiger charge is -1.93. The third kappa shape index (κ3) is 1.82. The molecule has 0 fully saturated rings. The molecule has 1 aromatic heterocycles. The van der Waals surface area contributed by atoms with E-state index in [9.17, 15) is 0 Å². The minimum atomic E-state index is 0.839. The van der Waals surface area contributed by atoms with E-state index in [-0.39, 0.29) is 0 Å². The van der Waals surface area contributed by atoms with Crippen LogP contribution in [0.4, 0.5) is 0 Å². The summed E-state index contributed by atoms with van der Waals surface area (Å²) in [5.74, 6) is 0. The molecule has 0 saturated heterocycles. The number of nitrogens with one attached hydrogen (secondary N) is 1. The number of benzene rings is 1. The molecule has 1 aromatic carbocycles. The lowest BCUT2D eigenvalue weighted by atomic mass is 10.2. The van der Waals surface area contributed by atoms with E-state index in [1.165, 1.54) is 5.39 Å². The van der Waals surface area contributed by atoms with Crippen molar-refractivity contribution in [2.24, 2.45) is 4.99 Å². The van der Waals surface area contributed by atoms with Crippen LogP contribution in [-0.4, -0.2) is 11.2 Å². The third-order valence-corrected chi connectivity index (χ3v) is 3.30. The second kappa shape index (κ2) is 4.50. The van der Waals surface area contributed by atoms with Gasteiger partial charge >= 0.3 is 0 Å². The zero-order valence-electron chi connectivity index (χ0n) is 9.98. The van der Waals surface area contributed by atoms with Gasteiger partial charge in [0.15, 0.2) is 0 Å². The van der Waals surface area contributed by atoms with E-state index in [2.05, 4.69) is 22.1 Å². The molecule has 0 amide bonds. The Morgan fingerprint density at radius 3 is 3.06 bits per heavy atom. The highest BCUT2D eigenvalue weighted by Gasteiger charge is 2.12. The number of aliphatic imine (C=N–C) groups is 1. The van der Waals surface area contributed by atoms with Gasteiger partial charge in [0, 0.05) is 28.9 Å². The molecule has 0 spiro atoms. The fourth-order valence-corrected chi connectivity index (χ4v) is 2.34. The van der Waals surface area contributed by atoms with E-state index in [4.69, 9.17) is 5.26 Å². The summed E-state index contributed by atoms with van der Waals surface area (Å²) < 4.78 is 0.